The average molecular weight is 1030 g/mol. The first-order chi connectivity index (χ1) is 36.5. The number of nitrogens with zero attached hydrogens (tertiary/aromatic N) is 3. The Morgan fingerprint density at radius 1 is 0.500 bits per heavy atom. The number of aliphatic hydroxyl groups is 2. The maximum atomic E-state index is 15.8. The SMILES string of the molecule is CCCCNC(=O)O[C@@H]1C[C@@H](C(O)(c2ccc(C)cc2)c2ccc(C)cc2)N(C(=O)c2cc(C(=O)N3CCCCC3)cc(C(=O)N3C[C@H](OC(=O)NCCCC)C[C@H]3C(O)(c3ccc(C)cc3)c3ccc(C)cc3)c2)C1. The van der Waals surface area contributed by atoms with E-state index in [0.717, 1.165) is 67.2 Å². The zero-order valence-electron chi connectivity index (χ0n) is 45.0. The molecule has 0 radical (unpaired) electrons. The summed E-state index contributed by atoms with van der Waals surface area (Å²) in [6.07, 6.45) is 2.93. The van der Waals surface area contributed by atoms with Crippen LogP contribution in [0.1, 0.15) is 147 Å². The number of ether oxygens (including phenoxy) is 2. The number of rotatable bonds is 17. The highest BCUT2D eigenvalue weighted by Crippen LogP contribution is 2.44. The molecule has 14 heteroatoms. The fourth-order valence-corrected chi connectivity index (χ4v) is 11.1. The summed E-state index contributed by atoms with van der Waals surface area (Å²) in [5, 5.41) is 32.6. The standard InChI is InChI=1S/C62H75N5O9/c1-7-9-30-63-59(71)75-52-37-54(61(73,48-22-14-41(3)15-23-48)49-24-16-42(4)17-25-49)66(39-52)57(69)46-34-45(56(68)65-32-12-11-13-33-65)35-47(36-46)58(70)67-40-53(76-60(72)64-31-10-8-2)38-55(67)62(74,50-26-18-43(5)19-27-50)51-28-20-44(6)21-29-51/h14-29,34-36,52-55,73-74H,7-13,30-33,37-40H2,1-6H3,(H,63,71)(H,64,72)/t52-,53-,54+,55+/m1/s1. The van der Waals surface area contributed by atoms with Crippen molar-refractivity contribution >= 4 is 29.9 Å². The van der Waals surface area contributed by atoms with Gasteiger partial charge in [0.1, 0.15) is 23.4 Å². The van der Waals surface area contributed by atoms with Crippen LogP contribution in [0, 0.1) is 27.7 Å². The average Bonchev–Trinajstić information content (AvgIpc) is 4.09. The van der Waals surface area contributed by atoms with Crippen molar-refractivity contribution in [2.75, 3.05) is 39.3 Å². The summed E-state index contributed by atoms with van der Waals surface area (Å²) < 4.78 is 12.1. The predicted molar refractivity (Wildman–Crippen MR) is 292 cm³/mol. The van der Waals surface area contributed by atoms with E-state index in [1.54, 1.807) is 4.90 Å². The van der Waals surface area contributed by atoms with Gasteiger partial charge in [-0.25, -0.2) is 9.59 Å². The fourth-order valence-electron chi connectivity index (χ4n) is 11.1. The molecule has 3 fully saturated rings. The zero-order chi connectivity index (χ0) is 54.1. The predicted octanol–water partition coefficient (Wildman–Crippen LogP) is 9.64. The molecule has 0 spiro atoms. The Hall–Kier alpha value is -7.03. The van der Waals surface area contributed by atoms with Gasteiger partial charge < -0.3 is 45.0 Å². The first kappa shape index (κ1) is 55.2. The van der Waals surface area contributed by atoms with Crippen LogP contribution in [0.5, 0.6) is 0 Å². The van der Waals surface area contributed by atoms with Gasteiger partial charge in [-0.1, -0.05) is 146 Å². The van der Waals surface area contributed by atoms with Crippen molar-refractivity contribution in [1.29, 1.82) is 0 Å². The topological polar surface area (TPSA) is 178 Å². The van der Waals surface area contributed by atoms with Crippen molar-refractivity contribution in [3.63, 3.8) is 0 Å². The van der Waals surface area contributed by atoms with Gasteiger partial charge in [0.05, 0.1) is 25.2 Å². The number of hydrogen-bond donors (Lipinski definition) is 4. The summed E-state index contributed by atoms with van der Waals surface area (Å²) in [7, 11) is 0. The van der Waals surface area contributed by atoms with Gasteiger partial charge in [-0.2, -0.15) is 0 Å². The van der Waals surface area contributed by atoms with Gasteiger partial charge in [0.25, 0.3) is 17.7 Å². The van der Waals surface area contributed by atoms with Crippen LogP contribution in [0.4, 0.5) is 9.59 Å². The Kier molecular flexibility index (Phi) is 17.7. The molecular weight excluding hydrogens is 959 g/mol. The van der Waals surface area contributed by atoms with E-state index in [-0.39, 0.29) is 48.5 Å². The monoisotopic (exact) mass is 1030 g/mol. The molecule has 5 aromatic rings. The van der Waals surface area contributed by atoms with Gasteiger partial charge in [0, 0.05) is 55.7 Å². The van der Waals surface area contributed by atoms with Crippen LogP contribution in [0.3, 0.4) is 0 Å². The van der Waals surface area contributed by atoms with E-state index < -0.39 is 59.5 Å². The molecule has 0 bridgehead atoms. The Balaban J connectivity index is 1.25. The van der Waals surface area contributed by atoms with Crippen molar-refractivity contribution in [3.8, 4) is 0 Å². The molecule has 0 aromatic heterocycles. The molecule has 0 unspecified atom stereocenters. The largest absolute Gasteiger partial charge is 0.444 e. The van der Waals surface area contributed by atoms with Crippen LogP contribution in [0.2, 0.25) is 0 Å². The lowest BCUT2D eigenvalue weighted by Gasteiger charge is -2.40. The highest BCUT2D eigenvalue weighted by atomic mass is 16.6. The molecule has 5 aromatic carbocycles. The molecule has 4 N–H and O–H groups in total. The van der Waals surface area contributed by atoms with Crippen molar-refractivity contribution in [2.45, 2.75) is 135 Å². The number of piperidine rings is 1. The zero-order valence-corrected chi connectivity index (χ0v) is 45.0. The van der Waals surface area contributed by atoms with Gasteiger partial charge in [-0.3, -0.25) is 14.4 Å². The van der Waals surface area contributed by atoms with E-state index in [1.165, 1.54) is 28.0 Å². The van der Waals surface area contributed by atoms with Crippen molar-refractivity contribution in [2.24, 2.45) is 0 Å². The number of carbonyl (C=O) groups excluding carboxylic acids is 5. The molecule has 4 atom stereocenters. The normalized spacial score (nSPS) is 18.8. The molecular formula is C62H75N5O9. The van der Waals surface area contributed by atoms with Crippen LogP contribution in [-0.2, 0) is 20.7 Å². The van der Waals surface area contributed by atoms with E-state index in [1.807, 2.05) is 139 Å². The third-order valence-corrected chi connectivity index (χ3v) is 15.4. The first-order valence-electron chi connectivity index (χ1n) is 27.2. The molecule has 76 heavy (non-hydrogen) atoms. The smallest absolute Gasteiger partial charge is 0.407 e. The highest BCUT2D eigenvalue weighted by Gasteiger charge is 2.53. The number of alkyl carbamates (subject to hydrolysis) is 2. The van der Waals surface area contributed by atoms with Crippen molar-refractivity contribution in [1.82, 2.24) is 25.3 Å². The fraction of sp³-hybridized carbons (Fsp3) is 0.435. The summed E-state index contributed by atoms with van der Waals surface area (Å²) in [5.41, 5.74) is 2.43. The molecule has 14 nitrogen and oxygen atoms in total. The number of carbonyl (C=O) groups is 5. The quantitative estimate of drug-likeness (QED) is 0.0661. The minimum absolute atomic E-state index is 0.00518. The van der Waals surface area contributed by atoms with Crippen LogP contribution >= 0.6 is 0 Å². The number of nitrogens with one attached hydrogen (secondary N) is 2. The lowest BCUT2D eigenvalue weighted by Crippen LogP contribution is -2.51. The molecule has 3 heterocycles. The van der Waals surface area contributed by atoms with E-state index in [2.05, 4.69) is 10.6 Å². The van der Waals surface area contributed by atoms with Crippen molar-refractivity contribution in [3.05, 3.63) is 176 Å². The number of amides is 5. The number of likely N-dealkylation sites (tertiary alicyclic amines) is 3. The summed E-state index contributed by atoms with van der Waals surface area (Å²) in [5.74, 6) is -1.54. The maximum Gasteiger partial charge on any atom is 0.407 e. The molecule has 3 saturated heterocycles. The Bertz CT molecular complexity index is 2560. The molecule has 402 valence electrons. The summed E-state index contributed by atoms with van der Waals surface area (Å²) in [4.78, 5) is 77.7. The van der Waals surface area contributed by atoms with Crippen LogP contribution in [0.25, 0.3) is 0 Å². The highest BCUT2D eigenvalue weighted by molar-refractivity contribution is 6.05. The van der Waals surface area contributed by atoms with Gasteiger partial charge in [0.15, 0.2) is 0 Å². The molecule has 5 amide bonds. The molecule has 3 aliphatic rings. The van der Waals surface area contributed by atoms with Crippen LogP contribution in [0.15, 0.2) is 115 Å². The Morgan fingerprint density at radius 3 is 1.13 bits per heavy atom. The first-order valence-corrected chi connectivity index (χ1v) is 27.2. The minimum Gasteiger partial charge on any atom is -0.444 e. The van der Waals surface area contributed by atoms with Gasteiger partial charge in [-0.05, 0) is 100 Å². The lowest BCUT2D eigenvalue weighted by molar-refractivity contribution is -0.00154. The minimum atomic E-state index is -1.83. The molecule has 3 aliphatic heterocycles. The number of benzene rings is 5. The Morgan fingerprint density at radius 2 is 0.816 bits per heavy atom. The van der Waals surface area contributed by atoms with E-state index in [4.69, 9.17) is 9.47 Å². The Labute approximate surface area is 447 Å². The second-order valence-electron chi connectivity index (χ2n) is 21.2. The second kappa shape index (κ2) is 24.3. The third-order valence-electron chi connectivity index (χ3n) is 15.4. The van der Waals surface area contributed by atoms with Crippen LogP contribution in [-0.4, -0.2) is 118 Å². The molecule has 8 rings (SSSR count). The van der Waals surface area contributed by atoms with Crippen molar-refractivity contribution < 1.29 is 43.7 Å². The maximum absolute atomic E-state index is 15.8. The van der Waals surface area contributed by atoms with Gasteiger partial charge in [-0.15, -0.1) is 0 Å². The number of aryl methyl sites for hydroxylation is 4. The van der Waals surface area contributed by atoms with Crippen LogP contribution < -0.4 is 10.6 Å². The van der Waals surface area contributed by atoms with E-state index >= 15 is 9.59 Å². The summed E-state index contributed by atoms with van der Waals surface area (Å²) in [6.45, 7) is 13.4. The summed E-state index contributed by atoms with van der Waals surface area (Å²) >= 11 is 0. The number of unbranched alkanes of at least 4 members (excludes halogenated alkanes) is 2. The van der Waals surface area contributed by atoms with Gasteiger partial charge >= 0.3 is 12.2 Å². The van der Waals surface area contributed by atoms with Gasteiger partial charge in [0.2, 0.25) is 0 Å². The molecule has 0 saturated carbocycles. The summed E-state index contributed by atoms with van der Waals surface area (Å²) in [6, 6.07) is 32.4. The molecule has 0 aliphatic carbocycles. The van der Waals surface area contributed by atoms with E-state index in [0.29, 0.717) is 48.4 Å². The lowest BCUT2D eigenvalue weighted by atomic mass is 9.78. The third kappa shape index (κ3) is 12.1. The van der Waals surface area contributed by atoms with E-state index in [9.17, 15) is 24.6 Å². The number of hydrogen-bond acceptors (Lipinski definition) is 9. The second-order valence-corrected chi connectivity index (χ2v) is 21.2.